The first-order valence-electron chi connectivity index (χ1n) is 7.02. The molecule has 2 bridgehead atoms. The van der Waals surface area contributed by atoms with E-state index >= 15 is 0 Å². The lowest BCUT2D eigenvalue weighted by Crippen LogP contribution is -2.63. The maximum absolute atomic E-state index is 3.71. The van der Waals surface area contributed by atoms with Crippen LogP contribution in [0.15, 0.2) is 11.4 Å². The third-order valence-electron chi connectivity index (χ3n) is 4.24. The maximum Gasteiger partial charge on any atom is 0.0499 e. The average Bonchev–Trinajstić information content (AvgIpc) is 2.83. The zero-order valence-corrected chi connectivity index (χ0v) is 12.2. The number of thiophene rings is 1. The van der Waals surface area contributed by atoms with Gasteiger partial charge < -0.3 is 5.32 Å². The van der Waals surface area contributed by atoms with Gasteiger partial charge in [0.1, 0.15) is 0 Å². The highest BCUT2D eigenvalue weighted by Gasteiger charge is 2.37. The summed E-state index contributed by atoms with van der Waals surface area (Å²) in [7, 11) is 0. The van der Waals surface area contributed by atoms with Gasteiger partial charge in [-0.05, 0) is 30.5 Å². The summed E-state index contributed by atoms with van der Waals surface area (Å²) in [4.78, 5) is 6.72. The van der Waals surface area contributed by atoms with Crippen molar-refractivity contribution >= 4 is 11.3 Å². The number of aryl methyl sites for hydroxylation is 1. The molecule has 0 spiro atoms. The van der Waals surface area contributed by atoms with Crippen LogP contribution in [0.5, 0.6) is 0 Å². The molecule has 3 saturated heterocycles. The molecule has 18 heavy (non-hydrogen) atoms. The topological polar surface area (TPSA) is 18.5 Å². The molecule has 1 aromatic heterocycles. The van der Waals surface area contributed by atoms with Gasteiger partial charge in [-0.3, -0.25) is 9.80 Å². The number of piperazine rings is 3. The summed E-state index contributed by atoms with van der Waals surface area (Å²) in [6.07, 6.45) is 0. The Morgan fingerprint density at radius 3 is 2.67 bits per heavy atom. The molecule has 3 aliphatic rings. The summed E-state index contributed by atoms with van der Waals surface area (Å²) < 4.78 is 0. The highest BCUT2D eigenvalue weighted by atomic mass is 32.1. The first-order valence-corrected chi connectivity index (χ1v) is 7.90. The zero-order chi connectivity index (χ0) is 12.5. The monoisotopic (exact) mass is 265 g/mol. The third-order valence-corrected chi connectivity index (χ3v) is 5.12. The number of rotatable bonds is 4. The van der Waals surface area contributed by atoms with Crippen molar-refractivity contribution in [2.45, 2.75) is 25.9 Å². The van der Waals surface area contributed by atoms with Crippen molar-refractivity contribution < 1.29 is 0 Å². The van der Waals surface area contributed by atoms with Gasteiger partial charge in [0, 0.05) is 49.7 Å². The fraction of sp³-hybridized carbons (Fsp3) is 0.714. The summed E-state index contributed by atoms with van der Waals surface area (Å²) in [5.41, 5.74) is 1.48. The predicted molar refractivity (Wildman–Crippen MR) is 77.3 cm³/mol. The Hall–Kier alpha value is -0.420. The molecule has 4 rings (SSSR count). The van der Waals surface area contributed by atoms with Gasteiger partial charge in [-0.1, -0.05) is 6.92 Å². The van der Waals surface area contributed by atoms with Crippen LogP contribution in [-0.4, -0.2) is 55.1 Å². The summed E-state index contributed by atoms with van der Waals surface area (Å²) in [6.45, 7) is 11.7. The number of nitrogens with one attached hydrogen (secondary N) is 1. The molecule has 100 valence electrons. The second kappa shape index (κ2) is 5.29. The maximum atomic E-state index is 3.71. The van der Waals surface area contributed by atoms with Crippen LogP contribution in [0, 0.1) is 6.92 Å². The van der Waals surface area contributed by atoms with Gasteiger partial charge in [0.2, 0.25) is 0 Å². The standard InChI is InChI=1S/C14H23N3S/c1-3-15-14(12-8-11(2)18-10-12)13-9-16-4-6-17(13)7-5-16/h8,10,13-15H,3-7,9H2,1-2H3. The van der Waals surface area contributed by atoms with Crippen LogP contribution in [0.1, 0.15) is 23.4 Å². The van der Waals surface area contributed by atoms with Crippen LogP contribution in [0.3, 0.4) is 0 Å². The van der Waals surface area contributed by atoms with Crippen LogP contribution >= 0.6 is 11.3 Å². The lowest BCUT2D eigenvalue weighted by Gasteiger charge is -2.50. The van der Waals surface area contributed by atoms with E-state index in [2.05, 4.69) is 40.4 Å². The molecule has 0 aliphatic carbocycles. The van der Waals surface area contributed by atoms with Crippen molar-refractivity contribution in [1.82, 2.24) is 15.1 Å². The van der Waals surface area contributed by atoms with E-state index in [4.69, 9.17) is 0 Å². The van der Waals surface area contributed by atoms with E-state index in [0.717, 1.165) is 6.54 Å². The number of hydrogen-bond acceptors (Lipinski definition) is 4. The van der Waals surface area contributed by atoms with E-state index in [1.54, 1.807) is 0 Å². The third kappa shape index (κ3) is 2.35. The van der Waals surface area contributed by atoms with Crippen molar-refractivity contribution in [3.63, 3.8) is 0 Å². The Labute approximate surface area is 114 Å². The van der Waals surface area contributed by atoms with Gasteiger partial charge in [0.05, 0.1) is 0 Å². The fourth-order valence-electron chi connectivity index (χ4n) is 3.30. The normalized spacial score (nSPS) is 32.7. The van der Waals surface area contributed by atoms with E-state index in [1.807, 2.05) is 11.3 Å². The highest BCUT2D eigenvalue weighted by Crippen LogP contribution is 2.29. The summed E-state index contributed by atoms with van der Waals surface area (Å²) in [6, 6.07) is 3.51. The molecule has 0 aromatic carbocycles. The molecule has 0 radical (unpaired) electrons. The molecule has 3 fully saturated rings. The minimum atomic E-state index is 0.503. The first kappa shape index (κ1) is 12.6. The summed E-state index contributed by atoms with van der Waals surface area (Å²) in [5, 5.41) is 6.04. The van der Waals surface area contributed by atoms with Crippen molar-refractivity contribution in [3.8, 4) is 0 Å². The molecule has 3 nitrogen and oxygen atoms in total. The van der Waals surface area contributed by atoms with Crippen molar-refractivity contribution in [2.24, 2.45) is 0 Å². The van der Waals surface area contributed by atoms with Crippen molar-refractivity contribution in [2.75, 3.05) is 39.3 Å². The Morgan fingerprint density at radius 1 is 1.39 bits per heavy atom. The largest absolute Gasteiger partial charge is 0.309 e. The van der Waals surface area contributed by atoms with Crippen molar-refractivity contribution in [1.29, 1.82) is 0 Å². The van der Waals surface area contributed by atoms with Crippen molar-refractivity contribution in [3.05, 3.63) is 21.9 Å². The quantitative estimate of drug-likeness (QED) is 0.894. The Balaban J connectivity index is 1.81. The number of hydrogen-bond donors (Lipinski definition) is 1. The van der Waals surface area contributed by atoms with E-state index < -0.39 is 0 Å². The molecule has 2 unspecified atom stereocenters. The molecule has 3 aliphatic heterocycles. The van der Waals surface area contributed by atoms with Gasteiger partial charge >= 0.3 is 0 Å². The summed E-state index contributed by atoms with van der Waals surface area (Å²) in [5.74, 6) is 0. The number of nitrogens with zero attached hydrogens (tertiary/aromatic N) is 2. The van der Waals surface area contributed by atoms with Crippen LogP contribution in [-0.2, 0) is 0 Å². The fourth-order valence-corrected chi connectivity index (χ4v) is 4.04. The van der Waals surface area contributed by atoms with Gasteiger partial charge in [-0.25, -0.2) is 0 Å². The molecule has 1 N–H and O–H groups in total. The van der Waals surface area contributed by atoms with Gasteiger partial charge in [0.15, 0.2) is 0 Å². The van der Waals surface area contributed by atoms with Crippen LogP contribution in [0.25, 0.3) is 0 Å². The summed E-state index contributed by atoms with van der Waals surface area (Å²) >= 11 is 1.87. The molecule has 2 atom stereocenters. The zero-order valence-electron chi connectivity index (χ0n) is 11.4. The highest BCUT2D eigenvalue weighted by molar-refractivity contribution is 7.10. The second-order valence-corrected chi connectivity index (χ2v) is 6.55. The number of likely N-dealkylation sites (N-methyl/N-ethyl adjacent to an activating group) is 1. The molecule has 0 amide bonds. The molecular weight excluding hydrogens is 242 g/mol. The van der Waals surface area contributed by atoms with E-state index in [1.165, 1.54) is 43.2 Å². The molecule has 1 aromatic rings. The minimum Gasteiger partial charge on any atom is -0.309 e. The minimum absolute atomic E-state index is 0.503. The molecule has 0 saturated carbocycles. The lowest BCUT2D eigenvalue weighted by atomic mass is 9.95. The average molecular weight is 265 g/mol. The van der Waals surface area contributed by atoms with Crippen LogP contribution < -0.4 is 5.32 Å². The SMILES string of the molecule is CCNC(c1csc(C)c1)C1CN2CCN1CC2. The van der Waals surface area contributed by atoms with E-state index in [0.29, 0.717) is 12.1 Å². The molecular formula is C14H23N3S. The Bertz CT molecular complexity index is 395. The van der Waals surface area contributed by atoms with Gasteiger partial charge in [0.25, 0.3) is 0 Å². The second-order valence-electron chi connectivity index (χ2n) is 5.43. The molecule has 4 heterocycles. The molecule has 4 heteroatoms. The lowest BCUT2D eigenvalue weighted by molar-refractivity contribution is -0.00337. The number of fused-ring (bicyclic) bond motifs is 3. The van der Waals surface area contributed by atoms with Gasteiger partial charge in [-0.2, -0.15) is 0 Å². The first-order chi connectivity index (χ1) is 8.78. The van der Waals surface area contributed by atoms with Crippen LogP contribution in [0.2, 0.25) is 0 Å². The Kier molecular flexibility index (Phi) is 3.71. The van der Waals surface area contributed by atoms with Crippen LogP contribution in [0.4, 0.5) is 0 Å². The smallest absolute Gasteiger partial charge is 0.0499 e. The van der Waals surface area contributed by atoms with E-state index in [9.17, 15) is 0 Å². The Morgan fingerprint density at radius 2 is 2.17 bits per heavy atom. The van der Waals surface area contributed by atoms with Gasteiger partial charge in [-0.15, -0.1) is 11.3 Å². The van der Waals surface area contributed by atoms with E-state index in [-0.39, 0.29) is 0 Å². The predicted octanol–water partition coefficient (Wildman–Crippen LogP) is 1.71.